The van der Waals surface area contributed by atoms with E-state index in [4.69, 9.17) is 0 Å². The van der Waals surface area contributed by atoms with E-state index in [2.05, 4.69) is 22.1 Å². The van der Waals surface area contributed by atoms with E-state index in [-0.39, 0.29) is 0 Å². The Bertz CT molecular complexity index is 271. The fourth-order valence-electron chi connectivity index (χ4n) is 1.72. The van der Waals surface area contributed by atoms with Gasteiger partial charge >= 0.3 is 0 Å². The van der Waals surface area contributed by atoms with E-state index in [1.807, 2.05) is 23.3 Å². The maximum atomic E-state index is 4.26. The lowest BCUT2D eigenvalue weighted by molar-refractivity contribution is 0.484. The lowest BCUT2D eigenvalue weighted by Gasteiger charge is -2.22. The van der Waals surface area contributed by atoms with E-state index in [1.165, 1.54) is 40.9 Å². The van der Waals surface area contributed by atoms with Gasteiger partial charge in [0.15, 0.2) is 0 Å². The van der Waals surface area contributed by atoms with Gasteiger partial charge in [-0.05, 0) is 37.3 Å². The van der Waals surface area contributed by atoms with Crippen molar-refractivity contribution in [3.05, 3.63) is 11.6 Å². The Balaban J connectivity index is 1.48. The molecule has 16 heavy (non-hydrogen) atoms. The zero-order valence-corrected chi connectivity index (χ0v) is 11.8. The van der Waals surface area contributed by atoms with Crippen molar-refractivity contribution < 1.29 is 0 Å². The molecule has 1 aliphatic heterocycles. The van der Waals surface area contributed by atoms with E-state index in [9.17, 15) is 0 Å². The molecule has 0 amide bonds. The van der Waals surface area contributed by atoms with Gasteiger partial charge in [-0.15, -0.1) is 11.3 Å². The van der Waals surface area contributed by atoms with Crippen LogP contribution in [0.15, 0.2) is 15.9 Å². The number of nitrogens with one attached hydrogen (secondary N) is 1. The van der Waals surface area contributed by atoms with Crippen LogP contribution in [-0.4, -0.2) is 34.8 Å². The lowest BCUT2D eigenvalue weighted by atomic mass is 10.1. The number of rotatable bonds is 6. The van der Waals surface area contributed by atoms with E-state index >= 15 is 0 Å². The summed E-state index contributed by atoms with van der Waals surface area (Å²) in [5, 5.41) is 5.70. The summed E-state index contributed by atoms with van der Waals surface area (Å²) in [5.41, 5.74) is 0. The highest BCUT2D eigenvalue weighted by Crippen LogP contribution is 2.20. The molecule has 90 valence electrons. The summed E-state index contributed by atoms with van der Waals surface area (Å²) in [6.45, 7) is 1.16. The number of thiazole rings is 1. The average molecular weight is 274 g/mol. The van der Waals surface area contributed by atoms with Crippen molar-refractivity contribution in [2.75, 3.05) is 23.8 Å². The van der Waals surface area contributed by atoms with Gasteiger partial charge in [0, 0.05) is 23.4 Å². The lowest BCUT2D eigenvalue weighted by Crippen LogP contribution is -2.33. The molecule has 0 spiro atoms. The van der Waals surface area contributed by atoms with Crippen LogP contribution < -0.4 is 5.32 Å². The van der Waals surface area contributed by atoms with E-state index in [1.54, 1.807) is 11.3 Å². The van der Waals surface area contributed by atoms with Gasteiger partial charge in [-0.2, -0.15) is 11.8 Å². The molecule has 0 aromatic carbocycles. The second-order valence-corrected chi connectivity index (χ2v) is 7.30. The van der Waals surface area contributed by atoms with Crippen molar-refractivity contribution in [2.24, 2.45) is 0 Å². The molecular formula is C11H18N2S3. The van der Waals surface area contributed by atoms with Gasteiger partial charge in [-0.25, -0.2) is 4.98 Å². The predicted octanol–water partition coefficient (Wildman–Crippen LogP) is 3.11. The minimum absolute atomic E-state index is 0.783. The van der Waals surface area contributed by atoms with Crippen molar-refractivity contribution in [2.45, 2.75) is 29.6 Å². The Morgan fingerprint density at radius 2 is 2.31 bits per heavy atom. The molecule has 0 radical (unpaired) electrons. The molecule has 0 atom stereocenters. The third kappa shape index (κ3) is 4.65. The van der Waals surface area contributed by atoms with Crippen molar-refractivity contribution in [1.29, 1.82) is 0 Å². The quantitative estimate of drug-likeness (QED) is 0.636. The van der Waals surface area contributed by atoms with Crippen LogP contribution in [0.3, 0.4) is 0 Å². The average Bonchev–Trinajstić information content (AvgIpc) is 2.83. The molecule has 0 unspecified atom stereocenters. The van der Waals surface area contributed by atoms with Crippen molar-refractivity contribution in [1.82, 2.24) is 10.3 Å². The highest BCUT2D eigenvalue weighted by Gasteiger charge is 2.11. The van der Waals surface area contributed by atoms with Gasteiger partial charge in [0.05, 0.1) is 0 Å². The summed E-state index contributed by atoms with van der Waals surface area (Å²) >= 11 is 5.70. The maximum absolute atomic E-state index is 4.26. The fraction of sp³-hybridized carbons (Fsp3) is 0.727. The number of hydrogen-bond donors (Lipinski definition) is 1. The first-order valence-electron chi connectivity index (χ1n) is 5.78. The van der Waals surface area contributed by atoms with Gasteiger partial charge in [0.25, 0.3) is 0 Å². The largest absolute Gasteiger partial charge is 0.314 e. The molecule has 1 fully saturated rings. The second-order valence-electron chi connectivity index (χ2n) is 3.84. The molecule has 2 heterocycles. The zero-order chi connectivity index (χ0) is 11.1. The molecule has 1 N–H and O–H groups in total. The van der Waals surface area contributed by atoms with Gasteiger partial charge in [0.1, 0.15) is 4.34 Å². The van der Waals surface area contributed by atoms with Crippen LogP contribution in [0, 0.1) is 0 Å². The summed E-state index contributed by atoms with van der Waals surface area (Å²) in [7, 11) is 0. The predicted molar refractivity (Wildman–Crippen MR) is 75.8 cm³/mol. The summed E-state index contributed by atoms with van der Waals surface area (Å²) in [4.78, 5) is 4.26. The molecule has 1 aromatic rings. The number of nitrogens with zero attached hydrogens (tertiary/aromatic N) is 1. The Kier molecular flexibility index (Phi) is 6.04. The van der Waals surface area contributed by atoms with Gasteiger partial charge in [-0.3, -0.25) is 0 Å². The first kappa shape index (κ1) is 12.7. The van der Waals surface area contributed by atoms with Gasteiger partial charge in [-0.1, -0.05) is 11.8 Å². The monoisotopic (exact) mass is 274 g/mol. The maximum Gasteiger partial charge on any atom is 0.149 e. The highest BCUT2D eigenvalue weighted by atomic mass is 32.2. The van der Waals surface area contributed by atoms with Crippen LogP contribution >= 0.6 is 34.9 Å². The minimum atomic E-state index is 0.783. The molecule has 1 saturated heterocycles. The Hall–Kier alpha value is 0.290. The molecule has 0 bridgehead atoms. The summed E-state index contributed by atoms with van der Waals surface area (Å²) in [5.74, 6) is 3.86. The molecular weight excluding hydrogens is 256 g/mol. The summed E-state index contributed by atoms with van der Waals surface area (Å²) in [6.07, 6.45) is 5.83. The summed E-state index contributed by atoms with van der Waals surface area (Å²) in [6, 6.07) is 0.783. The zero-order valence-electron chi connectivity index (χ0n) is 9.35. The van der Waals surface area contributed by atoms with Crippen molar-refractivity contribution in [3.63, 3.8) is 0 Å². The van der Waals surface area contributed by atoms with Crippen molar-refractivity contribution >= 4 is 34.9 Å². The van der Waals surface area contributed by atoms with Crippen LogP contribution in [0.25, 0.3) is 0 Å². The SMILES string of the molecule is c1csc(SCCCNC2CCSCC2)n1. The number of aromatic nitrogens is 1. The molecule has 2 rings (SSSR count). The fourth-order valence-corrected chi connectivity index (χ4v) is 4.48. The standard InChI is InChI=1S/C11H18N2S3/c1(6-15-11-13-5-9-16-11)4-12-10-2-7-14-8-3-10/h5,9-10,12H,1-4,6-8H2. The number of hydrogen-bond acceptors (Lipinski definition) is 5. The molecule has 1 aliphatic rings. The van der Waals surface area contributed by atoms with Crippen LogP contribution in [-0.2, 0) is 0 Å². The molecule has 5 heteroatoms. The third-order valence-corrected chi connectivity index (χ3v) is 5.71. The molecule has 1 aromatic heterocycles. The van der Waals surface area contributed by atoms with Crippen LogP contribution in [0.5, 0.6) is 0 Å². The van der Waals surface area contributed by atoms with Crippen LogP contribution in [0.4, 0.5) is 0 Å². The molecule has 0 aliphatic carbocycles. The highest BCUT2D eigenvalue weighted by molar-refractivity contribution is 8.01. The smallest absolute Gasteiger partial charge is 0.149 e. The molecule has 2 nitrogen and oxygen atoms in total. The van der Waals surface area contributed by atoms with Crippen LogP contribution in [0.2, 0.25) is 0 Å². The Morgan fingerprint density at radius 3 is 3.06 bits per heavy atom. The van der Waals surface area contributed by atoms with E-state index in [0.29, 0.717) is 0 Å². The van der Waals surface area contributed by atoms with Gasteiger partial charge < -0.3 is 5.32 Å². The Morgan fingerprint density at radius 1 is 1.44 bits per heavy atom. The molecule has 0 saturated carbocycles. The minimum Gasteiger partial charge on any atom is -0.314 e. The van der Waals surface area contributed by atoms with E-state index < -0.39 is 0 Å². The number of thioether (sulfide) groups is 2. The normalized spacial score (nSPS) is 17.8. The van der Waals surface area contributed by atoms with Crippen LogP contribution in [0.1, 0.15) is 19.3 Å². The summed E-state index contributed by atoms with van der Waals surface area (Å²) < 4.78 is 1.20. The van der Waals surface area contributed by atoms with Crippen molar-refractivity contribution in [3.8, 4) is 0 Å². The second kappa shape index (κ2) is 7.58. The third-order valence-electron chi connectivity index (χ3n) is 2.61. The first-order valence-corrected chi connectivity index (χ1v) is 8.80. The Labute approximate surface area is 110 Å². The van der Waals surface area contributed by atoms with Gasteiger partial charge in [0.2, 0.25) is 0 Å². The topological polar surface area (TPSA) is 24.9 Å². The van der Waals surface area contributed by atoms with E-state index in [0.717, 1.165) is 12.6 Å². The first-order chi connectivity index (χ1) is 7.95.